The van der Waals surface area contributed by atoms with Crippen LogP contribution in [0.4, 0.5) is 0 Å². The first-order chi connectivity index (χ1) is 18.1. The molecule has 3 saturated heterocycles. The van der Waals surface area contributed by atoms with Crippen molar-refractivity contribution < 1.29 is 4.74 Å². The molecule has 206 valence electrons. The Morgan fingerprint density at radius 1 is 0.838 bits per heavy atom. The smallest absolute Gasteiger partial charge is 0.0685 e. The minimum Gasteiger partial charge on any atom is -0.378 e. The maximum atomic E-state index is 6.29. The van der Waals surface area contributed by atoms with Crippen LogP contribution in [0.3, 0.4) is 0 Å². The number of nitrogens with zero attached hydrogens (tertiary/aromatic N) is 4. The van der Waals surface area contributed by atoms with Gasteiger partial charge >= 0.3 is 0 Å². The average Bonchev–Trinajstić information content (AvgIpc) is 3.50. The van der Waals surface area contributed by atoms with Crippen LogP contribution in [0.25, 0.3) is 0 Å². The Hall–Kier alpha value is -0.690. The number of fused-ring (bicyclic) bond motifs is 2. The van der Waals surface area contributed by atoms with Gasteiger partial charge in [0, 0.05) is 63.5 Å². The number of benzene rings is 1. The van der Waals surface area contributed by atoms with Gasteiger partial charge in [-0.2, -0.15) is 0 Å². The second-order valence-corrected chi connectivity index (χ2v) is 13.5. The lowest BCUT2D eigenvalue weighted by Crippen LogP contribution is -2.53. The molecular formula is C31H49ClN4O. The summed E-state index contributed by atoms with van der Waals surface area (Å²) in [5.41, 5.74) is 2.17. The van der Waals surface area contributed by atoms with Crippen molar-refractivity contribution in [3.63, 3.8) is 0 Å². The molecule has 0 spiro atoms. The van der Waals surface area contributed by atoms with Gasteiger partial charge in [-0.3, -0.25) is 4.90 Å². The second kappa shape index (κ2) is 11.4. The second-order valence-electron chi connectivity index (χ2n) is 13.1. The first-order valence-corrected chi connectivity index (χ1v) is 15.7. The zero-order valence-corrected chi connectivity index (χ0v) is 23.9. The van der Waals surface area contributed by atoms with Gasteiger partial charge in [-0.25, -0.2) is 0 Å². The Morgan fingerprint density at radius 2 is 1.51 bits per heavy atom. The van der Waals surface area contributed by atoms with Crippen LogP contribution in [0.5, 0.6) is 0 Å². The molecule has 6 heteroatoms. The van der Waals surface area contributed by atoms with Gasteiger partial charge in [-0.15, -0.1) is 0 Å². The van der Waals surface area contributed by atoms with Crippen molar-refractivity contribution in [2.45, 2.75) is 81.9 Å². The highest BCUT2D eigenvalue weighted by Gasteiger charge is 2.55. The van der Waals surface area contributed by atoms with E-state index in [-0.39, 0.29) is 5.60 Å². The van der Waals surface area contributed by atoms with E-state index in [1.807, 2.05) is 7.11 Å². The summed E-state index contributed by atoms with van der Waals surface area (Å²) in [5.74, 6) is 0. The molecule has 2 saturated carbocycles. The normalized spacial score (nSPS) is 33.8. The largest absolute Gasteiger partial charge is 0.378 e. The molecule has 1 aromatic rings. The topological polar surface area (TPSA) is 22.2 Å². The Kier molecular flexibility index (Phi) is 8.19. The minimum atomic E-state index is 0.211. The SMILES string of the molecule is COC12CCC(CN3CCN(C(CN4CCC(N5CCCCC5)CC4)c4ccc(Cl)cc4)CC3)(CC1)C2. The van der Waals surface area contributed by atoms with Crippen molar-refractivity contribution in [3.8, 4) is 0 Å². The summed E-state index contributed by atoms with van der Waals surface area (Å²) in [6.45, 7) is 12.3. The summed E-state index contributed by atoms with van der Waals surface area (Å²) < 4.78 is 5.98. The summed E-state index contributed by atoms with van der Waals surface area (Å²) in [4.78, 5) is 11.1. The van der Waals surface area contributed by atoms with E-state index in [0.717, 1.165) is 17.6 Å². The van der Waals surface area contributed by atoms with Crippen LogP contribution in [0.2, 0.25) is 5.02 Å². The summed E-state index contributed by atoms with van der Waals surface area (Å²) in [7, 11) is 1.94. The molecule has 6 rings (SSSR count). The summed E-state index contributed by atoms with van der Waals surface area (Å²) >= 11 is 6.29. The van der Waals surface area contributed by atoms with Crippen LogP contribution in [0, 0.1) is 5.41 Å². The minimum absolute atomic E-state index is 0.211. The van der Waals surface area contributed by atoms with Crippen molar-refractivity contribution in [2.75, 3.05) is 72.6 Å². The third-order valence-electron chi connectivity index (χ3n) is 10.9. The lowest BCUT2D eigenvalue weighted by molar-refractivity contribution is -0.000449. The van der Waals surface area contributed by atoms with Gasteiger partial charge < -0.3 is 19.4 Å². The maximum absolute atomic E-state index is 6.29. The number of hydrogen-bond acceptors (Lipinski definition) is 5. The number of halogens is 1. The molecular weight excluding hydrogens is 480 g/mol. The fourth-order valence-electron chi connectivity index (χ4n) is 8.58. The van der Waals surface area contributed by atoms with E-state index in [9.17, 15) is 0 Å². The van der Waals surface area contributed by atoms with Gasteiger partial charge in [0.05, 0.1) is 5.60 Å². The lowest BCUT2D eigenvalue weighted by atomic mass is 9.83. The Morgan fingerprint density at radius 3 is 2.14 bits per heavy atom. The van der Waals surface area contributed by atoms with Crippen LogP contribution in [0.1, 0.15) is 75.8 Å². The summed E-state index contributed by atoms with van der Waals surface area (Å²) in [5, 5.41) is 0.842. The standard InChI is InChI=1S/C31H49ClN4O/c1-37-31-13-11-30(24-31,12-14-31)25-34-19-21-36(22-20-34)29(26-5-7-27(32)8-6-26)23-33-17-9-28(10-18-33)35-15-3-2-4-16-35/h5-8,28-29H,2-4,9-25H2,1H3. The molecule has 37 heavy (non-hydrogen) atoms. The van der Waals surface area contributed by atoms with E-state index in [0.29, 0.717) is 11.5 Å². The van der Waals surface area contributed by atoms with Crippen molar-refractivity contribution in [2.24, 2.45) is 5.41 Å². The summed E-state index contributed by atoms with van der Waals surface area (Å²) in [6, 6.07) is 10.0. The molecule has 1 aromatic carbocycles. The number of rotatable bonds is 8. The van der Waals surface area contributed by atoms with E-state index in [1.165, 1.54) is 129 Å². The van der Waals surface area contributed by atoms with Crippen molar-refractivity contribution in [1.29, 1.82) is 0 Å². The van der Waals surface area contributed by atoms with Gasteiger partial charge in [-0.05, 0) is 107 Å². The molecule has 0 radical (unpaired) electrons. The molecule has 3 heterocycles. The Bertz CT molecular complexity index is 864. The van der Waals surface area contributed by atoms with E-state index >= 15 is 0 Å². The molecule has 0 aromatic heterocycles. The van der Waals surface area contributed by atoms with Crippen molar-refractivity contribution in [1.82, 2.24) is 19.6 Å². The zero-order valence-electron chi connectivity index (χ0n) is 23.2. The molecule has 5 nitrogen and oxygen atoms in total. The zero-order chi connectivity index (χ0) is 25.3. The van der Waals surface area contributed by atoms with Crippen LogP contribution >= 0.6 is 11.6 Å². The van der Waals surface area contributed by atoms with E-state index in [1.54, 1.807) is 0 Å². The number of hydrogen-bond donors (Lipinski definition) is 0. The highest BCUT2D eigenvalue weighted by atomic mass is 35.5. The van der Waals surface area contributed by atoms with Gasteiger partial charge in [0.15, 0.2) is 0 Å². The molecule has 1 atom stereocenters. The maximum Gasteiger partial charge on any atom is 0.0685 e. The molecule has 3 aliphatic heterocycles. The fraction of sp³-hybridized carbons (Fsp3) is 0.806. The molecule has 5 fully saturated rings. The lowest BCUT2D eigenvalue weighted by Gasteiger charge is -2.45. The van der Waals surface area contributed by atoms with Crippen molar-refractivity contribution >= 4 is 11.6 Å². The molecule has 0 N–H and O–H groups in total. The quantitative estimate of drug-likeness (QED) is 0.455. The van der Waals surface area contributed by atoms with Crippen LogP contribution < -0.4 is 0 Å². The Balaban J connectivity index is 1.06. The number of methoxy groups -OCH3 is 1. The third kappa shape index (κ3) is 5.93. The first-order valence-electron chi connectivity index (χ1n) is 15.3. The number of ether oxygens (including phenoxy) is 1. The highest BCUT2D eigenvalue weighted by molar-refractivity contribution is 6.30. The number of piperidine rings is 2. The molecule has 2 aliphatic carbocycles. The number of likely N-dealkylation sites (tertiary alicyclic amines) is 2. The third-order valence-corrected chi connectivity index (χ3v) is 11.2. The predicted octanol–water partition coefficient (Wildman–Crippen LogP) is 5.30. The predicted molar refractivity (Wildman–Crippen MR) is 152 cm³/mol. The molecule has 0 amide bonds. The monoisotopic (exact) mass is 528 g/mol. The van der Waals surface area contributed by atoms with Crippen LogP contribution in [-0.4, -0.2) is 104 Å². The Labute approximate surface area is 230 Å². The van der Waals surface area contributed by atoms with Crippen LogP contribution in [0.15, 0.2) is 24.3 Å². The highest BCUT2D eigenvalue weighted by Crippen LogP contribution is 2.58. The molecule has 2 bridgehead atoms. The molecule has 5 aliphatic rings. The van der Waals surface area contributed by atoms with Gasteiger partial charge in [-0.1, -0.05) is 30.2 Å². The first kappa shape index (κ1) is 26.5. The fourth-order valence-corrected chi connectivity index (χ4v) is 8.71. The van der Waals surface area contributed by atoms with E-state index in [4.69, 9.17) is 16.3 Å². The van der Waals surface area contributed by atoms with E-state index in [2.05, 4.69) is 43.9 Å². The summed E-state index contributed by atoms with van der Waals surface area (Å²) in [6.07, 6.45) is 13.5. The van der Waals surface area contributed by atoms with Crippen molar-refractivity contribution in [3.05, 3.63) is 34.9 Å². The molecule has 1 unspecified atom stereocenters. The average molecular weight is 529 g/mol. The van der Waals surface area contributed by atoms with Crippen LogP contribution in [-0.2, 0) is 4.74 Å². The number of piperazine rings is 1. The van der Waals surface area contributed by atoms with E-state index < -0.39 is 0 Å². The van der Waals surface area contributed by atoms with Gasteiger partial charge in [0.2, 0.25) is 0 Å². The van der Waals surface area contributed by atoms with Gasteiger partial charge in [0.25, 0.3) is 0 Å². The van der Waals surface area contributed by atoms with Gasteiger partial charge in [0.1, 0.15) is 0 Å².